The van der Waals surface area contributed by atoms with Gasteiger partial charge in [0.2, 0.25) is 0 Å². The molecule has 5 aromatic rings. The van der Waals surface area contributed by atoms with Gasteiger partial charge in [-0.3, -0.25) is 0 Å². The number of aryl methyl sites for hydroxylation is 6. The van der Waals surface area contributed by atoms with Crippen LogP contribution in [0.4, 0.5) is 0 Å². The molecule has 0 N–H and O–H groups in total. The van der Waals surface area contributed by atoms with E-state index in [0.29, 0.717) is 0 Å². The van der Waals surface area contributed by atoms with Crippen molar-refractivity contribution in [3.8, 4) is 11.4 Å². The lowest BCUT2D eigenvalue weighted by Crippen LogP contribution is -2.30. The van der Waals surface area contributed by atoms with Crippen molar-refractivity contribution < 1.29 is 13.0 Å². The molecule has 2 atom stereocenters. The zero-order chi connectivity index (χ0) is 27.8. The Labute approximate surface area is 235 Å². The molecule has 0 saturated heterocycles. The molecule has 2 unspecified atom stereocenters. The second-order valence-electron chi connectivity index (χ2n) is 10.2. The maximum absolute atomic E-state index is 13.2. The minimum Gasteiger partial charge on any atom is -0.249 e. The summed E-state index contributed by atoms with van der Waals surface area (Å²) in [4.78, 5) is 3.23. The van der Waals surface area contributed by atoms with E-state index in [9.17, 15) is 8.42 Å². The molecule has 0 aliphatic heterocycles. The van der Waals surface area contributed by atoms with Crippen LogP contribution < -0.4 is 4.57 Å². The van der Waals surface area contributed by atoms with Crippen LogP contribution in [-0.4, -0.2) is 13.0 Å². The molecular formula is C33H33N2O2S2+. The predicted molar refractivity (Wildman–Crippen MR) is 158 cm³/mol. The lowest BCUT2D eigenvalue weighted by molar-refractivity contribution is -0.595. The van der Waals surface area contributed by atoms with Crippen molar-refractivity contribution in [3.63, 3.8) is 0 Å². The molecule has 0 saturated carbocycles. The van der Waals surface area contributed by atoms with Gasteiger partial charge in [0.1, 0.15) is 23.8 Å². The Kier molecular flexibility index (Phi) is 7.52. The number of aromatic nitrogens is 2. The highest BCUT2D eigenvalue weighted by molar-refractivity contribution is 7.85. The normalized spacial score (nSPS) is 12.9. The van der Waals surface area contributed by atoms with Crippen LogP contribution in [-0.2, 0) is 21.6 Å². The average Bonchev–Trinajstić information content (AvgIpc) is 3.36. The SMILES string of the molecule is Cc1ccc(S(=O)c2cc(C)c(-n3cc[n+](-c4c(C)cc(S(=O)c5ccc(C)cc5)cc4C)c3)c(C)c2)cc1. The van der Waals surface area contributed by atoms with E-state index >= 15 is 0 Å². The van der Waals surface area contributed by atoms with E-state index in [0.717, 1.165) is 64.3 Å². The van der Waals surface area contributed by atoms with Gasteiger partial charge in [-0.25, -0.2) is 17.6 Å². The van der Waals surface area contributed by atoms with Crippen molar-refractivity contribution >= 4 is 21.6 Å². The van der Waals surface area contributed by atoms with Crippen LogP contribution in [0.15, 0.2) is 111 Å². The van der Waals surface area contributed by atoms with E-state index in [2.05, 4.69) is 43.2 Å². The van der Waals surface area contributed by atoms with Gasteiger partial charge in [-0.1, -0.05) is 35.4 Å². The van der Waals surface area contributed by atoms with Crippen molar-refractivity contribution in [3.05, 3.63) is 125 Å². The largest absolute Gasteiger partial charge is 0.254 e. The Morgan fingerprint density at radius 3 is 1.41 bits per heavy atom. The van der Waals surface area contributed by atoms with E-state index in [4.69, 9.17) is 0 Å². The summed E-state index contributed by atoms with van der Waals surface area (Å²) >= 11 is 0. The summed E-state index contributed by atoms with van der Waals surface area (Å²) < 4.78 is 30.7. The van der Waals surface area contributed by atoms with Gasteiger partial charge in [-0.15, -0.1) is 0 Å². The summed E-state index contributed by atoms with van der Waals surface area (Å²) in [6.45, 7) is 12.3. The van der Waals surface area contributed by atoms with Gasteiger partial charge in [0.05, 0.1) is 21.6 Å². The fourth-order valence-electron chi connectivity index (χ4n) is 5.08. The van der Waals surface area contributed by atoms with Crippen LogP contribution in [0.2, 0.25) is 0 Å². The van der Waals surface area contributed by atoms with E-state index in [1.54, 1.807) is 0 Å². The first-order valence-electron chi connectivity index (χ1n) is 12.9. The molecule has 0 aliphatic carbocycles. The Hall–Kier alpha value is -3.61. The third-order valence-corrected chi connectivity index (χ3v) is 9.71. The molecule has 5 rings (SSSR count). The van der Waals surface area contributed by atoms with Crippen molar-refractivity contribution in [1.82, 2.24) is 4.57 Å². The Morgan fingerprint density at radius 2 is 0.974 bits per heavy atom. The molecule has 4 aromatic carbocycles. The van der Waals surface area contributed by atoms with Crippen LogP contribution in [0.5, 0.6) is 0 Å². The molecule has 198 valence electrons. The molecule has 0 fully saturated rings. The predicted octanol–water partition coefficient (Wildman–Crippen LogP) is 6.94. The number of hydrogen-bond donors (Lipinski definition) is 0. The molecule has 39 heavy (non-hydrogen) atoms. The van der Waals surface area contributed by atoms with E-state index in [1.807, 2.05) is 99.0 Å². The summed E-state index contributed by atoms with van der Waals surface area (Å²) in [5, 5.41) is 0. The Balaban J connectivity index is 1.46. The van der Waals surface area contributed by atoms with Gasteiger partial charge in [-0.05, 0) is 112 Å². The first kappa shape index (κ1) is 27.0. The topological polar surface area (TPSA) is 43.0 Å². The average molecular weight is 554 g/mol. The van der Waals surface area contributed by atoms with Crippen molar-refractivity contribution in [2.45, 2.75) is 61.1 Å². The highest BCUT2D eigenvalue weighted by Crippen LogP contribution is 2.27. The maximum Gasteiger partial charge on any atom is 0.254 e. The van der Waals surface area contributed by atoms with Gasteiger partial charge >= 0.3 is 0 Å². The van der Waals surface area contributed by atoms with E-state index in [1.165, 1.54) is 0 Å². The lowest BCUT2D eigenvalue weighted by atomic mass is 10.1. The first-order chi connectivity index (χ1) is 18.6. The highest BCUT2D eigenvalue weighted by atomic mass is 32.2. The zero-order valence-electron chi connectivity index (χ0n) is 23.2. The highest BCUT2D eigenvalue weighted by Gasteiger charge is 2.20. The van der Waals surface area contributed by atoms with Crippen LogP contribution in [0, 0.1) is 41.5 Å². The smallest absolute Gasteiger partial charge is 0.249 e. The number of imidazole rings is 1. The van der Waals surface area contributed by atoms with E-state index in [-0.39, 0.29) is 0 Å². The van der Waals surface area contributed by atoms with Gasteiger partial charge in [0, 0.05) is 19.6 Å². The summed E-state index contributed by atoms with van der Waals surface area (Å²) in [5.74, 6) is 0. The fourth-order valence-corrected chi connectivity index (χ4v) is 7.52. The Morgan fingerprint density at radius 1 is 0.564 bits per heavy atom. The molecule has 0 aliphatic rings. The van der Waals surface area contributed by atoms with Gasteiger partial charge in [0.25, 0.3) is 6.33 Å². The molecule has 0 bridgehead atoms. The number of benzene rings is 4. The number of nitrogens with zero attached hydrogens (tertiary/aromatic N) is 2. The van der Waals surface area contributed by atoms with Crippen molar-refractivity contribution in [2.75, 3.05) is 0 Å². The Bertz CT molecular complexity index is 1560. The molecule has 0 amide bonds. The maximum atomic E-state index is 13.2. The van der Waals surface area contributed by atoms with Crippen molar-refractivity contribution in [1.29, 1.82) is 0 Å². The summed E-state index contributed by atoms with van der Waals surface area (Å²) in [6.07, 6.45) is 6.16. The summed E-state index contributed by atoms with van der Waals surface area (Å²) in [6, 6.07) is 23.8. The van der Waals surface area contributed by atoms with Crippen LogP contribution in [0.25, 0.3) is 11.4 Å². The summed E-state index contributed by atoms with van der Waals surface area (Å²) in [7, 11) is -2.46. The molecule has 1 aromatic heterocycles. The van der Waals surface area contributed by atoms with E-state index < -0.39 is 21.6 Å². The standard InChI is InChI=1S/C33H33N2O2S2/c1-22-7-11-28(12-8-22)38(36)30-17-24(3)32(25(4)18-30)34-15-16-35(21-34)33-26(5)19-31(20-27(33)6)39(37)29-13-9-23(2)10-14-29/h7-21H,1-6H3/q+1. The van der Waals surface area contributed by atoms with Crippen LogP contribution in [0.3, 0.4) is 0 Å². The second kappa shape index (κ2) is 10.9. The minimum atomic E-state index is -1.23. The lowest BCUT2D eigenvalue weighted by Gasteiger charge is -2.11. The molecular weight excluding hydrogens is 521 g/mol. The molecule has 0 radical (unpaired) electrons. The van der Waals surface area contributed by atoms with Gasteiger partial charge < -0.3 is 0 Å². The van der Waals surface area contributed by atoms with Crippen molar-refractivity contribution in [2.24, 2.45) is 0 Å². The van der Waals surface area contributed by atoms with Crippen LogP contribution >= 0.6 is 0 Å². The molecule has 4 nitrogen and oxygen atoms in total. The van der Waals surface area contributed by atoms with Gasteiger partial charge in [-0.2, -0.15) is 0 Å². The minimum absolute atomic E-state index is 0.807. The second-order valence-corrected chi connectivity index (χ2v) is 13.2. The number of hydrogen-bond acceptors (Lipinski definition) is 2. The third-order valence-electron chi connectivity index (χ3n) is 6.98. The first-order valence-corrected chi connectivity index (χ1v) is 15.2. The summed E-state index contributed by atoms with van der Waals surface area (Å²) in [5.41, 5.74) is 8.70. The molecule has 6 heteroatoms. The number of rotatable bonds is 6. The monoisotopic (exact) mass is 553 g/mol. The van der Waals surface area contributed by atoms with Gasteiger partial charge in [0.15, 0.2) is 0 Å². The van der Waals surface area contributed by atoms with Crippen LogP contribution in [0.1, 0.15) is 33.4 Å². The molecule has 0 spiro atoms. The zero-order valence-corrected chi connectivity index (χ0v) is 24.8. The quantitative estimate of drug-likeness (QED) is 0.214. The molecule has 1 heterocycles. The fraction of sp³-hybridized carbons (Fsp3) is 0.182. The third kappa shape index (κ3) is 5.45.